The number of para-hydroxylation sites is 2. The van der Waals surface area contributed by atoms with Gasteiger partial charge in [0, 0.05) is 69.9 Å². The molecule has 0 saturated carbocycles. The van der Waals surface area contributed by atoms with E-state index < -0.39 is 0 Å². The van der Waals surface area contributed by atoms with Crippen LogP contribution in [0, 0.1) is 0 Å². The standard InChI is InChI=1S/C50H40N10O2S2/c61-39-23-19-35(20-24-39)29-51-59-47(43-33-57(31-37-11-3-1-4-12-37)45-17-9-7-15-41(43)45)53-55-49(59)63-27-28-64-50-56-54-48(60(50)52-30-36-21-25-40(62)26-22-36)44-34-58(32-38-13-5-2-6-14-38)46-18-10-8-16-42(44)46/h1-26,29-30,33-34,61-62H,27-28,31-32H2/b51-29+,52-30+. The van der Waals surface area contributed by atoms with Crippen molar-refractivity contribution < 1.29 is 10.2 Å². The molecule has 0 fully saturated rings. The smallest absolute Gasteiger partial charge is 0.212 e. The van der Waals surface area contributed by atoms with Crippen LogP contribution >= 0.6 is 23.5 Å². The van der Waals surface area contributed by atoms with Gasteiger partial charge in [0.1, 0.15) is 11.5 Å². The van der Waals surface area contributed by atoms with Gasteiger partial charge >= 0.3 is 0 Å². The number of aromatic hydroxyl groups is 2. The first-order valence-corrected chi connectivity index (χ1v) is 22.6. The molecule has 6 aromatic carbocycles. The Kier molecular flexibility index (Phi) is 11.6. The van der Waals surface area contributed by atoms with E-state index in [0.717, 1.165) is 44.1 Å². The van der Waals surface area contributed by atoms with E-state index in [4.69, 9.17) is 20.4 Å². The van der Waals surface area contributed by atoms with Gasteiger partial charge in [0.2, 0.25) is 10.3 Å². The number of benzene rings is 6. The second-order valence-electron chi connectivity index (χ2n) is 15.0. The van der Waals surface area contributed by atoms with Crippen LogP contribution in [0.25, 0.3) is 44.6 Å². The number of hydrogen-bond donors (Lipinski definition) is 2. The molecule has 64 heavy (non-hydrogen) atoms. The molecule has 0 radical (unpaired) electrons. The van der Waals surface area contributed by atoms with Gasteiger partial charge in [0.25, 0.3) is 0 Å². The predicted octanol–water partition coefficient (Wildman–Crippen LogP) is 10.3. The molecule has 10 aromatic rings. The van der Waals surface area contributed by atoms with Crippen molar-refractivity contribution in [3.8, 4) is 34.3 Å². The highest BCUT2D eigenvalue weighted by Gasteiger charge is 2.22. The molecule has 10 rings (SSSR count). The highest BCUT2D eigenvalue weighted by Crippen LogP contribution is 2.35. The molecule has 0 bridgehead atoms. The summed E-state index contributed by atoms with van der Waals surface area (Å²) in [5.74, 6) is 2.90. The number of hydrogen-bond acceptors (Lipinski definition) is 10. The molecule has 2 N–H and O–H groups in total. The third-order valence-electron chi connectivity index (χ3n) is 10.7. The van der Waals surface area contributed by atoms with Crippen LogP contribution in [0.1, 0.15) is 22.3 Å². The first-order valence-electron chi connectivity index (χ1n) is 20.6. The molecule has 0 unspecified atom stereocenters. The minimum Gasteiger partial charge on any atom is -0.508 e. The van der Waals surface area contributed by atoms with Crippen LogP contribution in [-0.2, 0) is 13.1 Å². The zero-order valence-corrected chi connectivity index (χ0v) is 36.0. The summed E-state index contributed by atoms with van der Waals surface area (Å²) in [6.07, 6.45) is 7.75. The summed E-state index contributed by atoms with van der Waals surface area (Å²) in [5, 5.41) is 51.9. The SMILES string of the molecule is Oc1ccc(/C=N/n2c(SCCSc3nnc(-c4cn(Cc5ccccc5)c5ccccc45)n3/N=C/c3ccc(O)cc3)nnc2-c2cn(Cc3ccccc3)c3ccccc23)cc1. The summed E-state index contributed by atoms with van der Waals surface area (Å²) in [7, 11) is 0. The van der Waals surface area contributed by atoms with Gasteiger partial charge in [-0.3, -0.25) is 0 Å². The van der Waals surface area contributed by atoms with Crippen LogP contribution < -0.4 is 0 Å². The second kappa shape index (κ2) is 18.3. The highest BCUT2D eigenvalue weighted by atomic mass is 32.2. The number of fused-ring (bicyclic) bond motifs is 2. The van der Waals surface area contributed by atoms with E-state index in [1.165, 1.54) is 11.1 Å². The first-order chi connectivity index (χ1) is 31.5. The van der Waals surface area contributed by atoms with Crippen molar-refractivity contribution in [3.05, 3.63) is 192 Å². The van der Waals surface area contributed by atoms with E-state index in [9.17, 15) is 10.2 Å². The Morgan fingerprint density at radius 2 is 0.844 bits per heavy atom. The molecule has 14 heteroatoms. The number of phenolic OH excluding ortho intramolecular Hbond substituents is 2. The van der Waals surface area contributed by atoms with Crippen molar-refractivity contribution in [1.29, 1.82) is 0 Å². The molecule has 0 aliphatic heterocycles. The Balaban J connectivity index is 0.952. The fourth-order valence-corrected chi connectivity index (χ4v) is 9.30. The molecule has 4 aromatic heterocycles. The molecule has 12 nitrogen and oxygen atoms in total. The Morgan fingerprint density at radius 3 is 1.27 bits per heavy atom. The van der Waals surface area contributed by atoms with Crippen LogP contribution in [0.3, 0.4) is 0 Å². The Hall–Kier alpha value is -7.68. The first kappa shape index (κ1) is 40.4. The monoisotopic (exact) mass is 876 g/mol. The maximum Gasteiger partial charge on any atom is 0.212 e. The summed E-state index contributed by atoms with van der Waals surface area (Å²) in [4.78, 5) is 0. The topological polar surface area (TPSA) is 136 Å². The van der Waals surface area contributed by atoms with Gasteiger partial charge in [0.15, 0.2) is 11.6 Å². The summed E-state index contributed by atoms with van der Waals surface area (Å²) >= 11 is 3.09. The fraction of sp³-hybridized carbons (Fsp3) is 0.0800. The normalized spacial score (nSPS) is 11.8. The largest absolute Gasteiger partial charge is 0.508 e. The average molecular weight is 877 g/mol. The molecule has 0 aliphatic carbocycles. The maximum absolute atomic E-state index is 9.91. The van der Waals surface area contributed by atoms with Gasteiger partial charge < -0.3 is 19.3 Å². The third-order valence-corrected chi connectivity index (χ3v) is 12.8. The average Bonchev–Trinajstić information content (AvgIpc) is 4.11. The zero-order valence-electron chi connectivity index (χ0n) is 34.3. The van der Waals surface area contributed by atoms with Crippen molar-refractivity contribution in [1.82, 2.24) is 38.9 Å². The molecule has 314 valence electrons. The molecule has 0 amide bonds. The van der Waals surface area contributed by atoms with Gasteiger partial charge in [-0.25, -0.2) is 0 Å². The van der Waals surface area contributed by atoms with Crippen molar-refractivity contribution in [3.63, 3.8) is 0 Å². The van der Waals surface area contributed by atoms with E-state index in [1.54, 1.807) is 69.6 Å². The van der Waals surface area contributed by atoms with Gasteiger partial charge in [-0.2, -0.15) is 19.6 Å². The minimum absolute atomic E-state index is 0.186. The van der Waals surface area contributed by atoms with Crippen molar-refractivity contribution in [2.24, 2.45) is 10.2 Å². The summed E-state index contributed by atoms with van der Waals surface area (Å²) < 4.78 is 8.07. The predicted molar refractivity (Wildman–Crippen MR) is 257 cm³/mol. The Morgan fingerprint density at radius 1 is 0.453 bits per heavy atom. The molecular weight excluding hydrogens is 837 g/mol. The van der Waals surface area contributed by atoms with Gasteiger partial charge in [0.05, 0.1) is 12.4 Å². The molecular formula is C50H40N10O2S2. The second-order valence-corrected chi connectivity index (χ2v) is 17.1. The van der Waals surface area contributed by atoms with Gasteiger partial charge in [-0.15, -0.1) is 20.4 Å². The quantitative estimate of drug-likeness (QED) is 0.0590. The third kappa shape index (κ3) is 8.69. The lowest BCUT2D eigenvalue weighted by molar-refractivity contribution is 0.475. The van der Waals surface area contributed by atoms with Crippen molar-refractivity contribution in [2.45, 2.75) is 23.4 Å². The summed E-state index contributed by atoms with van der Waals surface area (Å²) in [6, 6.07) is 51.2. The van der Waals surface area contributed by atoms with E-state index in [1.807, 2.05) is 60.7 Å². The molecule has 0 saturated heterocycles. The van der Waals surface area contributed by atoms with Crippen LogP contribution in [0.5, 0.6) is 11.5 Å². The Bertz CT molecular complexity index is 3030. The summed E-state index contributed by atoms with van der Waals surface area (Å²) in [6.45, 7) is 1.40. The zero-order chi connectivity index (χ0) is 43.2. The summed E-state index contributed by atoms with van der Waals surface area (Å²) in [5.41, 5.74) is 8.03. The molecule has 0 spiro atoms. The number of aromatic nitrogens is 8. The lowest BCUT2D eigenvalue weighted by Gasteiger charge is -2.06. The highest BCUT2D eigenvalue weighted by molar-refractivity contribution is 8.02. The molecule has 0 atom stereocenters. The number of phenols is 2. The maximum atomic E-state index is 9.91. The minimum atomic E-state index is 0.186. The number of nitrogens with zero attached hydrogens (tertiary/aromatic N) is 10. The number of rotatable bonds is 15. The fourth-order valence-electron chi connectivity index (χ4n) is 7.56. The van der Waals surface area contributed by atoms with E-state index in [2.05, 4.69) is 105 Å². The van der Waals surface area contributed by atoms with E-state index >= 15 is 0 Å². The van der Waals surface area contributed by atoms with Crippen LogP contribution in [-0.4, -0.2) is 73.0 Å². The van der Waals surface area contributed by atoms with Crippen molar-refractivity contribution >= 4 is 57.8 Å². The number of thioether (sulfide) groups is 2. The van der Waals surface area contributed by atoms with Crippen LogP contribution in [0.2, 0.25) is 0 Å². The van der Waals surface area contributed by atoms with Crippen molar-refractivity contribution in [2.75, 3.05) is 11.5 Å². The van der Waals surface area contributed by atoms with Crippen LogP contribution in [0.4, 0.5) is 0 Å². The lowest BCUT2D eigenvalue weighted by Crippen LogP contribution is -2.00. The molecule has 0 aliphatic rings. The van der Waals surface area contributed by atoms with Crippen LogP contribution in [0.15, 0.2) is 191 Å². The Labute approximate surface area is 376 Å². The van der Waals surface area contributed by atoms with Gasteiger partial charge in [-0.1, -0.05) is 121 Å². The van der Waals surface area contributed by atoms with Gasteiger partial charge in [-0.05, 0) is 82.9 Å². The molecule has 4 heterocycles. The van der Waals surface area contributed by atoms with E-state index in [0.29, 0.717) is 46.6 Å². The lowest BCUT2D eigenvalue weighted by atomic mass is 10.1. The van der Waals surface area contributed by atoms with E-state index in [-0.39, 0.29) is 11.5 Å².